The maximum atomic E-state index is 6.18. The van der Waals surface area contributed by atoms with Crippen molar-refractivity contribution in [3.8, 4) is 5.75 Å². The van der Waals surface area contributed by atoms with Gasteiger partial charge in [0.05, 0.1) is 5.69 Å². The summed E-state index contributed by atoms with van der Waals surface area (Å²) < 4.78 is 6.18. The Morgan fingerprint density at radius 1 is 1.05 bits per heavy atom. The number of rotatable bonds is 4. The average molecular weight is 263 g/mol. The second-order valence-corrected chi connectivity index (χ2v) is 5.51. The van der Waals surface area contributed by atoms with Crippen molar-refractivity contribution >= 4 is 11.4 Å². The van der Waals surface area contributed by atoms with Gasteiger partial charge < -0.3 is 19.9 Å². The highest BCUT2D eigenvalue weighted by Crippen LogP contribution is 2.32. The largest absolute Gasteiger partial charge is 0.488 e. The maximum Gasteiger partial charge on any atom is 0.143 e. The summed E-state index contributed by atoms with van der Waals surface area (Å²) in [5.41, 5.74) is 2.34. The Balaban J connectivity index is 2.18. The highest BCUT2D eigenvalue weighted by atomic mass is 16.5. The fourth-order valence-corrected chi connectivity index (χ4v) is 2.33. The smallest absolute Gasteiger partial charge is 0.143 e. The van der Waals surface area contributed by atoms with Gasteiger partial charge in [0.1, 0.15) is 11.9 Å². The van der Waals surface area contributed by atoms with Crippen LogP contribution in [0.3, 0.4) is 0 Å². The summed E-state index contributed by atoms with van der Waals surface area (Å²) in [4.78, 5) is 4.23. The molecule has 0 amide bonds. The number of anilines is 2. The molecule has 1 aromatic rings. The summed E-state index contributed by atoms with van der Waals surface area (Å²) in [7, 11) is 8.23. The summed E-state index contributed by atoms with van der Waals surface area (Å²) >= 11 is 0. The summed E-state index contributed by atoms with van der Waals surface area (Å²) in [6, 6.07) is 6.38. The Morgan fingerprint density at radius 2 is 1.74 bits per heavy atom. The molecule has 0 spiro atoms. The van der Waals surface area contributed by atoms with Crippen LogP contribution in [0.4, 0.5) is 11.4 Å². The van der Waals surface area contributed by atoms with E-state index in [1.807, 2.05) is 0 Å². The molecular formula is C15H25N3O. The summed E-state index contributed by atoms with van der Waals surface area (Å²) in [6.07, 6.45) is 2.51. The van der Waals surface area contributed by atoms with Crippen LogP contribution in [-0.4, -0.2) is 47.4 Å². The second-order valence-electron chi connectivity index (χ2n) is 5.51. The zero-order valence-corrected chi connectivity index (χ0v) is 12.4. The predicted molar refractivity (Wildman–Crippen MR) is 81.6 cm³/mol. The van der Waals surface area contributed by atoms with Gasteiger partial charge in [-0.15, -0.1) is 0 Å². The molecule has 0 aliphatic carbocycles. The molecule has 4 heteroatoms. The Bertz CT molecular complexity index is 412. The van der Waals surface area contributed by atoms with E-state index in [2.05, 4.69) is 61.5 Å². The van der Waals surface area contributed by atoms with Crippen LogP contribution in [0.5, 0.6) is 5.75 Å². The molecule has 0 saturated carbocycles. The maximum absolute atomic E-state index is 6.18. The Hall–Kier alpha value is -1.42. The molecule has 0 unspecified atom stereocenters. The minimum atomic E-state index is 0.338. The van der Waals surface area contributed by atoms with Gasteiger partial charge in [0, 0.05) is 33.9 Å². The van der Waals surface area contributed by atoms with E-state index in [4.69, 9.17) is 4.74 Å². The Morgan fingerprint density at radius 3 is 2.32 bits per heavy atom. The minimum absolute atomic E-state index is 0.338. The molecule has 106 valence electrons. The molecule has 1 aliphatic rings. The molecule has 19 heavy (non-hydrogen) atoms. The van der Waals surface area contributed by atoms with Gasteiger partial charge in [-0.1, -0.05) is 0 Å². The van der Waals surface area contributed by atoms with E-state index in [-0.39, 0.29) is 0 Å². The quantitative estimate of drug-likeness (QED) is 0.898. The molecule has 4 nitrogen and oxygen atoms in total. The zero-order valence-electron chi connectivity index (χ0n) is 12.4. The molecule has 1 aromatic carbocycles. The SMILES string of the molecule is CN(C)c1ccc(OC2CCNCC2)c(N(C)C)c1. The molecule has 0 atom stereocenters. The van der Waals surface area contributed by atoms with Crippen LogP contribution in [-0.2, 0) is 0 Å². The standard InChI is InChI=1S/C15H25N3O/c1-17(2)12-5-6-15(14(11-12)18(3)4)19-13-7-9-16-10-8-13/h5-6,11,13,16H,7-10H2,1-4H3. The first-order chi connectivity index (χ1) is 9.08. The van der Waals surface area contributed by atoms with Gasteiger partial charge in [0.15, 0.2) is 0 Å². The van der Waals surface area contributed by atoms with Crippen molar-refractivity contribution < 1.29 is 4.74 Å². The number of ether oxygens (including phenoxy) is 1. The van der Waals surface area contributed by atoms with E-state index in [0.29, 0.717) is 6.10 Å². The summed E-state index contributed by atoms with van der Waals surface area (Å²) in [5, 5.41) is 3.36. The highest BCUT2D eigenvalue weighted by Gasteiger charge is 2.17. The van der Waals surface area contributed by atoms with E-state index in [1.165, 1.54) is 5.69 Å². The van der Waals surface area contributed by atoms with E-state index in [0.717, 1.165) is 37.4 Å². The van der Waals surface area contributed by atoms with Gasteiger partial charge in [-0.05, 0) is 44.1 Å². The number of benzene rings is 1. The van der Waals surface area contributed by atoms with Crippen LogP contribution >= 0.6 is 0 Å². The van der Waals surface area contributed by atoms with Crippen LogP contribution in [0.25, 0.3) is 0 Å². The minimum Gasteiger partial charge on any atom is -0.488 e. The first-order valence-corrected chi connectivity index (χ1v) is 6.94. The number of hydrogen-bond acceptors (Lipinski definition) is 4. The normalized spacial score (nSPS) is 16.2. The van der Waals surface area contributed by atoms with E-state index >= 15 is 0 Å². The van der Waals surface area contributed by atoms with Gasteiger partial charge in [0.25, 0.3) is 0 Å². The van der Waals surface area contributed by atoms with Crippen LogP contribution in [0.1, 0.15) is 12.8 Å². The van der Waals surface area contributed by atoms with Crippen LogP contribution in [0.2, 0.25) is 0 Å². The monoisotopic (exact) mass is 263 g/mol. The average Bonchev–Trinajstić information content (AvgIpc) is 2.39. The van der Waals surface area contributed by atoms with Crippen molar-refractivity contribution in [1.82, 2.24) is 5.32 Å². The number of nitrogens with one attached hydrogen (secondary N) is 1. The lowest BCUT2D eigenvalue weighted by Gasteiger charge is -2.27. The van der Waals surface area contributed by atoms with Gasteiger partial charge in [-0.25, -0.2) is 0 Å². The molecule has 1 aliphatic heterocycles. The lowest BCUT2D eigenvalue weighted by atomic mass is 10.1. The van der Waals surface area contributed by atoms with E-state index in [9.17, 15) is 0 Å². The summed E-state index contributed by atoms with van der Waals surface area (Å²) in [6.45, 7) is 2.11. The predicted octanol–water partition coefficient (Wildman–Crippen LogP) is 1.95. The van der Waals surface area contributed by atoms with Crippen molar-refractivity contribution in [2.45, 2.75) is 18.9 Å². The first kappa shape index (κ1) is 14.0. The topological polar surface area (TPSA) is 27.7 Å². The molecule has 0 bridgehead atoms. The molecule has 1 N–H and O–H groups in total. The van der Waals surface area contributed by atoms with Crippen molar-refractivity contribution in [1.29, 1.82) is 0 Å². The van der Waals surface area contributed by atoms with Gasteiger partial charge >= 0.3 is 0 Å². The third-order valence-corrected chi connectivity index (χ3v) is 3.52. The molecular weight excluding hydrogens is 238 g/mol. The van der Waals surface area contributed by atoms with Gasteiger partial charge in [-0.3, -0.25) is 0 Å². The van der Waals surface area contributed by atoms with Crippen molar-refractivity contribution in [2.24, 2.45) is 0 Å². The number of piperidine rings is 1. The summed E-state index contributed by atoms with van der Waals surface area (Å²) in [5.74, 6) is 0.988. The van der Waals surface area contributed by atoms with E-state index in [1.54, 1.807) is 0 Å². The van der Waals surface area contributed by atoms with Crippen molar-refractivity contribution in [3.05, 3.63) is 18.2 Å². The molecule has 2 rings (SSSR count). The molecule has 1 fully saturated rings. The molecule has 1 heterocycles. The van der Waals surface area contributed by atoms with Gasteiger partial charge in [-0.2, -0.15) is 0 Å². The van der Waals surface area contributed by atoms with E-state index < -0.39 is 0 Å². The lowest BCUT2D eigenvalue weighted by Crippen LogP contribution is -2.34. The van der Waals surface area contributed by atoms with Crippen molar-refractivity contribution in [3.63, 3.8) is 0 Å². The molecule has 0 aromatic heterocycles. The fourth-order valence-electron chi connectivity index (χ4n) is 2.33. The lowest BCUT2D eigenvalue weighted by molar-refractivity contribution is 0.163. The molecule has 0 radical (unpaired) electrons. The Labute approximate surface area is 116 Å². The number of hydrogen-bond donors (Lipinski definition) is 1. The number of nitrogens with zero attached hydrogens (tertiary/aromatic N) is 2. The second kappa shape index (κ2) is 6.15. The van der Waals surface area contributed by atoms with Gasteiger partial charge in [0.2, 0.25) is 0 Å². The third-order valence-electron chi connectivity index (χ3n) is 3.52. The fraction of sp³-hybridized carbons (Fsp3) is 0.600. The first-order valence-electron chi connectivity index (χ1n) is 6.94. The van der Waals surface area contributed by atoms with Crippen LogP contribution in [0.15, 0.2) is 18.2 Å². The zero-order chi connectivity index (χ0) is 13.8. The van der Waals surface area contributed by atoms with Crippen molar-refractivity contribution in [2.75, 3.05) is 51.1 Å². The Kier molecular flexibility index (Phi) is 4.53. The van der Waals surface area contributed by atoms with Crippen LogP contribution < -0.4 is 19.9 Å². The third kappa shape index (κ3) is 3.53. The molecule has 1 saturated heterocycles. The van der Waals surface area contributed by atoms with Crippen LogP contribution in [0, 0.1) is 0 Å². The highest BCUT2D eigenvalue weighted by molar-refractivity contribution is 5.66.